The summed E-state index contributed by atoms with van der Waals surface area (Å²) in [5.74, 6) is 2.84. The molecule has 0 heterocycles. The van der Waals surface area contributed by atoms with Crippen LogP contribution in [0.1, 0.15) is 40.0 Å². The Morgan fingerprint density at radius 2 is 2.12 bits per heavy atom. The first-order valence-corrected chi connectivity index (χ1v) is 6.70. The largest absolute Gasteiger partial charge is 0.370 e. The van der Waals surface area contributed by atoms with Crippen LogP contribution in [0, 0.1) is 17.8 Å². The molecule has 1 fully saturated rings. The standard InChI is InChI=1S/C14H25N3/c1-14(2,3)17-13(15)16-9-12-8-10-4-6-11(12)7-5-10/h4,6,10-12H,5,7-9H2,1-3H3,(H3,15,16,17). The minimum Gasteiger partial charge on any atom is -0.370 e. The fraction of sp³-hybridized carbons (Fsp3) is 0.786. The third-order valence-electron chi connectivity index (χ3n) is 3.71. The second-order valence-corrected chi connectivity index (χ2v) is 6.48. The zero-order valence-electron chi connectivity index (χ0n) is 11.2. The quantitative estimate of drug-likeness (QED) is 0.438. The molecule has 3 rings (SSSR count). The topological polar surface area (TPSA) is 50.4 Å². The highest BCUT2D eigenvalue weighted by atomic mass is 15.1. The predicted octanol–water partition coefficient (Wildman–Crippen LogP) is 2.29. The van der Waals surface area contributed by atoms with E-state index in [2.05, 4.69) is 43.2 Å². The van der Waals surface area contributed by atoms with E-state index < -0.39 is 0 Å². The van der Waals surface area contributed by atoms with Crippen LogP contribution >= 0.6 is 0 Å². The molecule has 96 valence electrons. The van der Waals surface area contributed by atoms with Crippen molar-refractivity contribution in [3.63, 3.8) is 0 Å². The molecule has 0 radical (unpaired) electrons. The van der Waals surface area contributed by atoms with Crippen molar-refractivity contribution in [1.29, 1.82) is 0 Å². The lowest BCUT2D eigenvalue weighted by Crippen LogP contribution is -2.45. The number of hydrogen-bond acceptors (Lipinski definition) is 1. The summed E-state index contributed by atoms with van der Waals surface area (Å²) in [5.41, 5.74) is 5.90. The number of nitrogens with zero attached hydrogens (tertiary/aromatic N) is 1. The zero-order valence-corrected chi connectivity index (χ0v) is 11.2. The van der Waals surface area contributed by atoms with Gasteiger partial charge in [0, 0.05) is 12.1 Å². The van der Waals surface area contributed by atoms with E-state index in [4.69, 9.17) is 5.73 Å². The van der Waals surface area contributed by atoms with Crippen molar-refractivity contribution in [2.75, 3.05) is 6.54 Å². The summed E-state index contributed by atoms with van der Waals surface area (Å²) in [6.07, 6.45) is 8.80. The Balaban J connectivity index is 1.86. The lowest BCUT2D eigenvalue weighted by atomic mass is 9.69. The van der Waals surface area contributed by atoms with E-state index >= 15 is 0 Å². The van der Waals surface area contributed by atoms with Gasteiger partial charge in [0.15, 0.2) is 5.96 Å². The van der Waals surface area contributed by atoms with Gasteiger partial charge in [0.25, 0.3) is 0 Å². The van der Waals surface area contributed by atoms with Crippen LogP contribution in [0.2, 0.25) is 0 Å². The van der Waals surface area contributed by atoms with Crippen LogP contribution in [0.5, 0.6) is 0 Å². The van der Waals surface area contributed by atoms with Gasteiger partial charge in [-0.1, -0.05) is 12.2 Å². The number of guanidine groups is 1. The summed E-state index contributed by atoms with van der Waals surface area (Å²) in [7, 11) is 0. The molecule has 0 aliphatic heterocycles. The third-order valence-corrected chi connectivity index (χ3v) is 3.71. The minimum absolute atomic E-state index is 0.000937. The Labute approximate surface area is 105 Å². The van der Waals surface area contributed by atoms with E-state index in [0.717, 1.165) is 18.4 Å². The van der Waals surface area contributed by atoms with Crippen molar-refractivity contribution < 1.29 is 0 Å². The van der Waals surface area contributed by atoms with Crippen molar-refractivity contribution in [3.05, 3.63) is 12.2 Å². The number of rotatable bonds is 2. The van der Waals surface area contributed by atoms with E-state index in [-0.39, 0.29) is 5.54 Å². The lowest BCUT2D eigenvalue weighted by Gasteiger charge is -2.37. The Hall–Kier alpha value is -0.990. The highest BCUT2D eigenvalue weighted by molar-refractivity contribution is 5.78. The highest BCUT2D eigenvalue weighted by Gasteiger charge is 2.31. The first-order valence-electron chi connectivity index (χ1n) is 6.70. The summed E-state index contributed by atoms with van der Waals surface area (Å²) in [4.78, 5) is 4.50. The van der Waals surface area contributed by atoms with Gasteiger partial charge in [0.1, 0.15) is 0 Å². The Morgan fingerprint density at radius 1 is 1.35 bits per heavy atom. The first-order chi connectivity index (χ1) is 7.94. The Kier molecular flexibility index (Phi) is 3.45. The summed E-state index contributed by atoms with van der Waals surface area (Å²) in [6, 6.07) is 0. The van der Waals surface area contributed by atoms with Crippen molar-refractivity contribution >= 4 is 5.96 Å². The van der Waals surface area contributed by atoms with Crippen LogP contribution in [0.4, 0.5) is 0 Å². The molecule has 0 saturated heterocycles. The van der Waals surface area contributed by atoms with E-state index in [1.165, 1.54) is 19.3 Å². The van der Waals surface area contributed by atoms with Crippen molar-refractivity contribution in [1.82, 2.24) is 5.32 Å². The maximum absolute atomic E-state index is 5.90. The molecule has 1 saturated carbocycles. The minimum atomic E-state index is -0.000937. The second-order valence-electron chi connectivity index (χ2n) is 6.48. The van der Waals surface area contributed by atoms with Crippen LogP contribution in [0.3, 0.4) is 0 Å². The smallest absolute Gasteiger partial charge is 0.188 e. The average molecular weight is 235 g/mol. The molecule has 0 spiro atoms. The fourth-order valence-electron chi connectivity index (χ4n) is 2.90. The predicted molar refractivity (Wildman–Crippen MR) is 72.8 cm³/mol. The molecule has 0 aromatic heterocycles. The van der Waals surface area contributed by atoms with Crippen molar-refractivity contribution in [3.8, 4) is 0 Å². The van der Waals surface area contributed by atoms with Crippen LogP contribution < -0.4 is 11.1 Å². The molecular weight excluding hydrogens is 210 g/mol. The maximum Gasteiger partial charge on any atom is 0.188 e. The Bertz CT molecular complexity index is 325. The van der Waals surface area contributed by atoms with Crippen LogP contribution in [-0.4, -0.2) is 18.0 Å². The molecule has 17 heavy (non-hydrogen) atoms. The van der Waals surface area contributed by atoms with E-state index in [1.54, 1.807) is 0 Å². The third kappa shape index (κ3) is 3.48. The first kappa shape index (κ1) is 12.5. The van der Waals surface area contributed by atoms with E-state index in [1.807, 2.05) is 0 Å². The number of allylic oxidation sites excluding steroid dienone is 2. The highest BCUT2D eigenvalue weighted by Crippen LogP contribution is 2.40. The second kappa shape index (κ2) is 4.71. The van der Waals surface area contributed by atoms with Gasteiger partial charge in [0.05, 0.1) is 0 Å². The number of nitrogens with two attached hydrogens (primary N) is 1. The van der Waals surface area contributed by atoms with Gasteiger partial charge in [0.2, 0.25) is 0 Å². The molecule has 3 nitrogen and oxygen atoms in total. The molecule has 3 aliphatic rings. The lowest BCUT2D eigenvalue weighted by molar-refractivity contribution is 0.227. The maximum atomic E-state index is 5.90. The monoisotopic (exact) mass is 235 g/mol. The van der Waals surface area contributed by atoms with E-state index in [0.29, 0.717) is 11.9 Å². The van der Waals surface area contributed by atoms with Gasteiger partial charge in [-0.05, 0) is 57.8 Å². The molecule has 0 aromatic rings. The van der Waals surface area contributed by atoms with Gasteiger partial charge >= 0.3 is 0 Å². The van der Waals surface area contributed by atoms with Gasteiger partial charge in [-0.2, -0.15) is 0 Å². The van der Waals surface area contributed by atoms with Gasteiger partial charge in [-0.25, -0.2) is 0 Å². The molecule has 3 aliphatic carbocycles. The van der Waals surface area contributed by atoms with Crippen LogP contribution in [-0.2, 0) is 0 Å². The normalized spacial score (nSPS) is 32.9. The van der Waals surface area contributed by atoms with E-state index in [9.17, 15) is 0 Å². The molecule has 3 unspecified atom stereocenters. The van der Waals surface area contributed by atoms with Gasteiger partial charge in [-0.15, -0.1) is 0 Å². The van der Waals surface area contributed by atoms with Crippen LogP contribution in [0.15, 0.2) is 17.1 Å². The number of hydrogen-bond donors (Lipinski definition) is 2. The number of nitrogens with one attached hydrogen (secondary N) is 1. The van der Waals surface area contributed by atoms with Gasteiger partial charge in [-0.3, -0.25) is 4.99 Å². The van der Waals surface area contributed by atoms with Crippen LogP contribution in [0.25, 0.3) is 0 Å². The molecule has 0 aromatic carbocycles. The van der Waals surface area contributed by atoms with Crippen molar-refractivity contribution in [2.45, 2.75) is 45.6 Å². The van der Waals surface area contributed by atoms with Gasteiger partial charge < -0.3 is 11.1 Å². The number of fused-ring (bicyclic) bond motifs is 2. The molecule has 3 N–H and O–H groups in total. The summed E-state index contributed by atoms with van der Waals surface area (Å²) in [5, 5.41) is 3.21. The fourth-order valence-corrected chi connectivity index (χ4v) is 2.90. The summed E-state index contributed by atoms with van der Waals surface area (Å²) in [6.45, 7) is 7.17. The molecule has 2 bridgehead atoms. The summed E-state index contributed by atoms with van der Waals surface area (Å²) < 4.78 is 0. The molecule has 3 heteroatoms. The average Bonchev–Trinajstić information content (AvgIpc) is 2.26. The summed E-state index contributed by atoms with van der Waals surface area (Å²) >= 11 is 0. The van der Waals surface area contributed by atoms with Crippen molar-refractivity contribution in [2.24, 2.45) is 28.5 Å². The number of aliphatic imine (C=N–C) groups is 1. The molecular formula is C14H25N3. The SMILES string of the molecule is CC(C)(C)NC(N)=NCC1CC2C=CC1CC2. The Morgan fingerprint density at radius 3 is 2.59 bits per heavy atom. The molecule has 3 atom stereocenters. The molecule has 0 amide bonds. The zero-order chi connectivity index (χ0) is 12.5.